The van der Waals surface area contributed by atoms with Crippen LogP contribution in [-0.2, 0) is 9.53 Å². The fourth-order valence-electron chi connectivity index (χ4n) is 3.11. The molecule has 0 aliphatic carbocycles. The van der Waals surface area contributed by atoms with Gasteiger partial charge in [0, 0.05) is 6.54 Å². The van der Waals surface area contributed by atoms with Crippen LogP contribution in [0.1, 0.15) is 30.1 Å². The topological polar surface area (TPSA) is 58.6 Å². The van der Waals surface area contributed by atoms with Gasteiger partial charge in [-0.3, -0.25) is 4.79 Å². The van der Waals surface area contributed by atoms with Gasteiger partial charge in [0.1, 0.15) is 0 Å². The molecule has 2 atom stereocenters. The first kappa shape index (κ1) is 16.7. The van der Waals surface area contributed by atoms with Crippen LogP contribution in [-0.4, -0.2) is 30.3 Å². The number of hydrogen-bond acceptors (Lipinski definition) is 4. The van der Waals surface area contributed by atoms with Gasteiger partial charge in [-0.1, -0.05) is 60.7 Å². The van der Waals surface area contributed by atoms with Gasteiger partial charge in [-0.25, -0.2) is 0 Å². The van der Waals surface area contributed by atoms with E-state index in [1.165, 1.54) is 0 Å². The van der Waals surface area contributed by atoms with E-state index >= 15 is 0 Å². The second kappa shape index (κ2) is 8.08. The number of esters is 1. The minimum absolute atomic E-state index is 0.0362. The van der Waals surface area contributed by atoms with Crippen molar-refractivity contribution in [2.45, 2.75) is 25.0 Å². The summed E-state index contributed by atoms with van der Waals surface area (Å²) >= 11 is 0. The van der Waals surface area contributed by atoms with E-state index < -0.39 is 12.2 Å². The van der Waals surface area contributed by atoms with Crippen LogP contribution in [0.4, 0.5) is 0 Å². The number of carbonyl (C=O) groups excluding carboxylic acids is 1. The van der Waals surface area contributed by atoms with Crippen LogP contribution in [0.15, 0.2) is 60.7 Å². The molecule has 0 unspecified atom stereocenters. The van der Waals surface area contributed by atoms with Crippen molar-refractivity contribution in [1.82, 2.24) is 5.32 Å². The van der Waals surface area contributed by atoms with Crippen molar-refractivity contribution in [3.63, 3.8) is 0 Å². The maximum atomic E-state index is 12.5. The zero-order chi connectivity index (χ0) is 16.8. The molecule has 0 spiro atoms. The first-order valence-electron chi connectivity index (χ1n) is 8.42. The normalized spacial score (nSPS) is 20.8. The minimum atomic E-state index is -0.488. The summed E-state index contributed by atoms with van der Waals surface area (Å²) in [6.45, 7) is 1.37. The predicted octanol–water partition coefficient (Wildman–Crippen LogP) is 2.68. The summed E-state index contributed by atoms with van der Waals surface area (Å²) < 4.78 is 5.80. The third kappa shape index (κ3) is 4.22. The highest BCUT2D eigenvalue weighted by molar-refractivity contribution is 5.70. The highest BCUT2D eigenvalue weighted by Gasteiger charge is 2.27. The van der Waals surface area contributed by atoms with Gasteiger partial charge in [-0.2, -0.15) is 0 Å². The molecule has 0 aromatic heterocycles. The molecule has 2 aromatic carbocycles. The largest absolute Gasteiger partial charge is 0.453 e. The van der Waals surface area contributed by atoms with E-state index in [1.54, 1.807) is 0 Å². The predicted molar refractivity (Wildman–Crippen MR) is 92.4 cm³/mol. The summed E-state index contributed by atoms with van der Waals surface area (Å²) in [4.78, 5) is 12.5. The molecule has 0 amide bonds. The Bertz CT molecular complexity index is 605. The number of nitrogens with one attached hydrogen (secondary N) is 1. The van der Waals surface area contributed by atoms with E-state index in [0.29, 0.717) is 6.54 Å². The lowest BCUT2D eigenvalue weighted by atomic mass is 9.92. The molecule has 4 nitrogen and oxygen atoms in total. The smallest absolute Gasteiger partial charge is 0.307 e. The SMILES string of the molecule is O=C(C[C@H]1CCNC[C@H]1O)OC(c1ccccc1)c1ccccc1. The van der Waals surface area contributed by atoms with Crippen molar-refractivity contribution >= 4 is 5.97 Å². The monoisotopic (exact) mass is 325 g/mol. The second-order valence-electron chi connectivity index (χ2n) is 6.22. The van der Waals surface area contributed by atoms with Crippen molar-refractivity contribution in [1.29, 1.82) is 0 Å². The molecule has 0 radical (unpaired) electrons. The maximum absolute atomic E-state index is 12.5. The summed E-state index contributed by atoms with van der Waals surface area (Å²) in [5.41, 5.74) is 1.89. The number of benzene rings is 2. The standard InChI is InChI=1S/C20H23NO3/c22-18-14-21-12-11-17(18)13-19(23)24-20(15-7-3-1-4-8-15)16-9-5-2-6-10-16/h1-10,17-18,20-22H,11-14H2/t17-,18-/m1/s1. The first-order chi connectivity index (χ1) is 11.7. The average molecular weight is 325 g/mol. The van der Waals surface area contributed by atoms with E-state index in [4.69, 9.17) is 4.74 Å². The zero-order valence-electron chi connectivity index (χ0n) is 13.6. The molecular weight excluding hydrogens is 302 g/mol. The lowest BCUT2D eigenvalue weighted by Gasteiger charge is -2.28. The molecule has 1 heterocycles. The van der Waals surface area contributed by atoms with Crippen LogP contribution in [0.2, 0.25) is 0 Å². The lowest BCUT2D eigenvalue weighted by molar-refractivity contribution is -0.150. The fraction of sp³-hybridized carbons (Fsp3) is 0.350. The Morgan fingerprint density at radius 3 is 2.21 bits per heavy atom. The van der Waals surface area contributed by atoms with Gasteiger partial charge in [0.25, 0.3) is 0 Å². The molecule has 1 aliphatic heterocycles. The number of rotatable bonds is 5. The maximum Gasteiger partial charge on any atom is 0.307 e. The van der Waals surface area contributed by atoms with E-state index in [2.05, 4.69) is 5.32 Å². The third-order valence-electron chi connectivity index (χ3n) is 4.47. The summed E-state index contributed by atoms with van der Waals surface area (Å²) in [5, 5.41) is 13.1. The lowest BCUT2D eigenvalue weighted by Crippen LogP contribution is -2.41. The van der Waals surface area contributed by atoms with Gasteiger partial charge >= 0.3 is 5.97 Å². The molecule has 126 valence electrons. The van der Waals surface area contributed by atoms with Crippen molar-refractivity contribution in [3.05, 3.63) is 71.8 Å². The summed E-state index contributed by atoms with van der Waals surface area (Å²) in [7, 11) is 0. The van der Waals surface area contributed by atoms with E-state index in [9.17, 15) is 9.90 Å². The quantitative estimate of drug-likeness (QED) is 0.830. The molecule has 4 heteroatoms. The number of piperidine rings is 1. The Kier molecular flexibility index (Phi) is 5.62. The van der Waals surface area contributed by atoms with Crippen molar-refractivity contribution in [2.24, 2.45) is 5.92 Å². The number of hydrogen-bond donors (Lipinski definition) is 2. The van der Waals surface area contributed by atoms with Crippen molar-refractivity contribution in [2.75, 3.05) is 13.1 Å². The molecule has 0 saturated carbocycles. The molecule has 1 saturated heterocycles. The Balaban J connectivity index is 1.73. The van der Waals surface area contributed by atoms with E-state index in [-0.39, 0.29) is 18.3 Å². The summed E-state index contributed by atoms with van der Waals surface area (Å²) in [6.07, 6.45) is 0.133. The third-order valence-corrected chi connectivity index (χ3v) is 4.47. The zero-order valence-corrected chi connectivity index (χ0v) is 13.6. The first-order valence-corrected chi connectivity index (χ1v) is 8.42. The Morgan fingerprint density at radius 1 is 1.08 bits per heavy atom. The van der Waals surface area contributed by atoms with Crippen LogP contribution in [0.3, 0.4) is 0 Å². The highest BCUT2D eigenvalue weighted by Crippen LogP contribution is 2.27. The second-order valence-corrected chi connectivity index (χ2v) is 6.22. The van der Waals surface area contributed by atoms with Crippen LogP contribution in [0.5, 0.6) is 0 Å². The Morgan fingerprint density at radius 2 is 1.67 bits per heavy atom. The van der Waals surface area contributed by atoms with Crippen molar-refractivity contribution < 1.29 is 14.6 Å². The summed E-state index contributed by atoms with van der Waals surface area (Å²) in [5.74, 6) is -0.301. The number of carbonyl (C=O) groups is 1. The fourth-order valence-corrected chi connectivity index (χ4v) is 3.11. The minimum Gasteiger partial charge on any atom is -0.453 e. The number of ether oxygens (including phenoxy) is 1. The van der Waals surface area contributed by atoms with Gasteiger partial charge in [0.15, 0.2) is 6.10 Å². The number of aliphatic hydroxyl groups is 1. The Labute approximate surface area is 142 Å². The van der Waals surface area contributed by atoms with E-state index in [1.807, 2.05) is 60.7 Å². The average Bonchev–Trinajstić information content (AvgIpc) is 2.63. The van der Waals surface area contributed by atoms with Crippen LogP contribution in [0.25, 0.3) is 0 Å². The molecular formula is C20H23NO3. The van der Waals surface area contributed by atoms with Crippen molar-refractivity contribution in [3.8, 4) is 0 Å². The van der Waals surface area contributed by atoms with Gasteiger partial charge in [-0.15, -0.1) is 0 Å². The van der Waals surface area contributed by atoms with Gasteiger partial charge < -0.3 is 15.2 Å². The van der Waals surface area contributed by atoms with E-state index in [0.717, 1.165) is 24.1 Å². The molecule has 1 fully saturated rings. The van der Waals surface area contributed by atoms with Crippen LogP contribution < -0.4 is 5.32 Å². The number of aliphatic hydroxyl groups excluding tert-OH is 1. The highest BCUT2D eigenvalue weighted by atomic mass is 16.5. The van der Waals surface area contributed by atoms with Gasteiger partial charge in [0.05, 0.1) is 12.5 Å². The van der Waals surface area contributed by atoms with Gasteiger partial charge in [-0.05, 0) is 30.0 Å². The summed E-state index contributed by atoms with van der Waals surface area (Å²) in [6, 6.07) is 19.5. The Hall–Kier alpha value is -2.17. The molecule has 24 heavy (non-hydrogen) atoms. The van der Waals surface area contributed by atoms with Gasteiger partial charge in [0.2, 0.25) is 0 Å². The molecule has 2 N–H and O–H groups in total. The molecule has 3 rings (SSSR count). The van der Waals surface area contributed by atoms with Crippen LogP contribution >= 0.6 is 0 Å². The number of β-amino-alcohol motifs (C(OH)–C–C–N with tert-alkyl or cyclic N) is 1. The van der Waals surface area contributed by atoms with Crippen LogP contribution in [0, 0.1) is 5.92 Å². The molecule has 0 bridgehead atoms. The molecule has 2 aromatic rings. The molecule has 1 aliphatic rings.